The van der Waals surface area contributed by atoms with Crippen LogP contribution in [0.1, 0.15) is 25.3 Å². The summed E-state index contributed by atoms with van der Waals surface area (Å²) in [6, 6.07) is 3.60. The molecule has 0 bridgehead atoms. The second-order valence-corrected chi connectivity index (χ2v) is 7.77. The van der Waals surface area contributed by atoms with E-state index in [2.05, 4.69) is 0 Å². The van der Waals surface area contributed by atoms with Gasteiger partial charge in [-0.25, -0.2) is 8.78 Å². The smallest absolute Gasteiger partial charge is 0.210 e. The lowest BCUT2D eigenvalue weighted by molar-refractivity contribution is 0.279. The monoisotopic (exact) mass is 304 g/mol. The minimum atomic E-state index is -3.13. The molecule has 3 atom stereocenters. The number of hydrogen-bond acceptors (Lipinski definition) is 3. The molecule has 0 aliphatic heterocycles. The van der Waals surface area contributed by atoms with E-state index in [0.29, 0.717) is 12.8 Å². The van der Waals surface area contributed by atoms with Gasteiger partial charge in [-0.05, 0) is 37.8 Å². The molecular formula is C14H19F2O3P. The molecule has 0 amide bonds. The highest BCUT2D eigenvalue weighted by atomic mass is 31.2. The Morgan fingerprint density at radius 1 is 1.40 bits per heavy atom. The second-order valence-electron chi connectivity index (χ2n) is 5.08. The molecule has 0 radical (unpaired) electrons. The van der Waals surface area contributed by atoms with Gasteiger partial charge in [-0.3, -0.25) is 4.57 Å². The van der Waals surface area contributed by atoms with Gasteiger partial charge < -0.3 is 9.63 Å². The fraction of sp³-hybridized carbons (Fsp3) is 0.571. The van der Waals surface area contributed by atoms with Crippen LogP contribution in [0.2, 0.25) is 0 Å². The van der Waals surface area contributed by atoms with Crippen molar-refractivity contribution in [2.45, 2.75) is 31.6 Å². The van der Waals surface area contributed by atoms with Crippen LogP contribution in [-0.4, -0.2) is 24.0 Å². The quantitative estimate of drug-likeness (QED) is 0.784. The lowest BCUT2D eigenvalue weighted by Crippen LogP contribution is -2.05. The summed E-state index contributed by atoms with van der Waals surface area (Å²) in [5.41, 5.74) is -0.354. The van der Waals surface area contributed by atoms with Crippen LogP contribution in [0.3, 0.4) is 0 Å². The van der Waals surface area contributed by atoms with Crippen LogP contribution in [0.25, 0.3) is 0 Å². The van der Waals surface area contributed by atoms with Gasteiger partial charge in [0.15, 0.2) is 0 Å². The number of hydrogen-bond donors (Lipinski definition) is 1. The van der Waals surface area contributed by atoms with Gasteiger partial charge in [-0.1, -0.05) is 6.07 Å². The molecule has 1 N–H and O–H groups in total. The summed E-state index contributed by atoms with van der Waals surface area (Å²) < 4.78 is 45.7. The summed E-state index contributed by atoms with van der Waals surface area (Å²) in [6.07, 6.45) is 1.03. The fourth-order valence-corrected chi connectivity index (χ4v) is 5.65. The van der Waals surface area contributed by atoms with E-state index in [1.807, 2.05) is 0 Å². The fourth-order valence-electron chi connectivity index (χ4n) is 2.57. The largest absolute Gasteiger partial charge is 0.396 e. The van der Waals surface area contributed by atoms with Crippen molar-refractivity contribution in [1.82, 2.24) is 0 Å². The summed E-state index contributed by atoms with van der Waals surface area (Å²) in [7, 11) is -3.13. The van der Waals surface area contributed by atoms with E-state index in [9.17, 15) is 13.3 Å². The van der Waals surface area contributed by atoms with Crippen molar-refractivity contribution < 1.29 is 23.0 Å². The summed E-state index contributed by atoms with van der Waals surface area (Å²) in [5.74, 6) is -1.25. The molecule has 1 aliphatic rings. The molecule has 0 heterocycles. The van der Waals surface area contributed by atoms with Crippen molar-refractivity contribution in [2.24, 2.45) is 5.92 Å². The topological polar surface area (TPSA) is 46.5 Å². The van der Waals surface area contributed by atoms with Crippen LogP contribution in [0.15, 0.2) is 18.2 Å². The second kappa shape index (κ2) is 6.33. The Balaban J connectivity index is 2.20. The summed E-state index contributed by atoms with van der Waals surface area (Å²) in [5, 5.41) is 8.92. The Morgan fingerprint density at radius 2 is 2.05 bits per heavy atom. The average molecular weight is 304 g/mol. The first-order valence-electron chi connectivity index (χ1n) is 6.79. The average Bonchev–Trinajstić information content (AvgIpc) is 3.15. The molecule has 1 unspecified atom stereocenters. The van der Waals surface area contributed by atoms with Crippen LogP contribution in [0, 0.1) is 17.6 Å². The van der Waals surface area contributed by atoms with Gasteiger partial charge in [0.05, 0.1) is 12.8 Å². The van der Waals surface area contributed by atoms with Crippen molar-refractivity contribution in [3.63, 3.8) is 0 Å². The minimum absolute atomic E-state index is 0.0291. The van der Waals surface area contributed by atoms with Crippen molar-refractivity contribution in [2.75, 3.05) is 13.2 Å². The third kappa shape index (κ3) is 3.27. The normalized spacial score (nSPS) is 24.4. The SMILES string of the molecule is CCOP(=O)(Cc1c(F)cccc1F)[C@H]1C[C@H]1CCO. The van der Waals surface area contributed by atoms with E-state index in [1.54, 1.807) is 6.92 Å². The van der Waals surface area contributed by atoms with Crippen molar-refractivity contribution >= 4 is 7.37 Å². The molecule has 1 aliphatic carbocycles. The predicted octanol–water partition coefficient (Wildman–Crippen LogP) is 3.55. The molecule has 20 heavy (non-hydrogen) atoms. The third-order valence-corrected chi connectivity index (χ3v) is 6.77. The molecule has 1 saturated carbocycles. The number of benzene rings is 1. The molecule has 1 aromatic rings. The maximum Gasteiger partial charge on any atom is 0.210 e. The zero-order valence-corrected chi connectivity index (χ0v) is 12.3. The Bertz CT molecular complexity index is 501. The van der Waals surface area contributed by atoms with Crippen LogP contribution in [0.5, 0.6) is 0 Å². The van der Waals surface area contributed by atoms with Gasteiger partial charge in [0.1, 0.15) is 11.6 Å². The first-order valence-corrected chi connectivity index (χ1v) is 8.66. The lowest BCUT2D eigenvalue weighted by atomic mass is 10.2. The van der Waals surface area contributed by atoms with E-state index in [4.69, 9.17) is 9.63 Å². The van der Waals surface area contributed by atoms with Crippen molar-refractivity contribution in [3.05, 3.63) is 35.4 Å². The molecule has 6 heteroatoms. The van der Waals surface area contributed by atoms with E-state index < -0.39 is 19.0 Å². The van der Waals surface area contributed by atoms with E-state index >= 15 is 0 Å². The zero-order valence-electron chi connectivity index (χ0n) is 11.4. The van der Waals surface area contributed by atoms with Crippen molar-refractivity contribution in [1.29, 1.82) is 0 Å². The molecule has 112 valence electrons. The zero-order chi connectivity index (χ0) is 14.8. The first-order chi connectivity index (χ1) is 9.51. The van der Waals surface area contributed by atoms with E-state index in [0.717, 1.165) is 12.1 Å². The maximum absolute atomic E-state index is 13.7. The van der Waals surface area contributed by atoms with Gasteiger partial charge in [0, 0.05) is 17.8 Å². The number of aliphatic hydroxyl groups is 1. The summed E-state index contributed by atoms with van der Waals surface area (Å²) in [4.78, 5) is 0. The van der Waals surface area contributed by atoms with Gasteiger partial charge in [-0.15, -0.1) is 0 Å². The van der Waals surface area contributed by atoms with Crippen LogP contribution in [0.4, 0.5) is 8.78 Å². The summed E-state index contributed by atoms with van der Waals surface area (Å²) >= 11 is 0. The van der Waals surface area contributed by atoms with Gasteiger partial charge >= 0.3 is 0 Å². The molecule has 0 saturated heterocycles. The minimum Gasteiger partial charge on any atom is -0.396 e. The number of aliphatic hydroxyl groups excluding tert-OH is 1. The third-order valence-electron chi connectivity index (χ3n) is 3.68. The Labute approximate surface area is 117 Å². The molecule has 2 rings (SSSR count). The molecule has 0 spiro atoms. The predicted molar refractivity (Wildman–Crippen MR) is 72.9 cm³/mol. The van der Waals surface area contributed by atoms with Crippen LogP contribution < -0.4 is 0 Å². The molecule has 3 nitrogen and oxygen atoms in total. The Kier molecular flexibility index (Phi) is 4.95. The van der Waals surface area contributed by atoms with Gasteiger partial charge in [-0.2, -0.15) is 0 Å². The van der Waals surface area contributed by atoms with Crippen molar-refractivity contribution in [3.8, 4) is 0 Å². The number of halogens is 2. The molecule has 1 aromatic carbocycles. The molecule has 0 aromatic heterocycles. The Hall–Kier alpha value is -0.770. The molecule has 1 fully saturated rings. The lowest BCUT2D eigenvalue weighted by Gasteiger charge is -2.19. The maximum atomic E-state index is 13.7. The highest BCUT2D eigenvalue weighted by Crippen LogP contribution is 2.67. The standard InChI is InChI=1S/C14H19F2O3P/c1-2-19-20(18,14-8-10(14)6-7-17)9-11-12(15)4-3-5-13(11)16/h3-5,10,14,17H,2,6-9H2,1H3/t10-,14+,20?/m1/s1. The van der Waals surface area contributed by atoms with Crippen LogP contribution >= 0.6 is 7.37 Å². The number of rotatable bonds is 7. The van der Waals surface area contributed by atoms with Crippen LogP contribution in [-0.2, 0) is 15.3 Å². The van der Waals surface area contributed by atoms with Gasteiger partial charge in [0.25, 0.3) is 0 Å². The highest BCUT2D eigenvalue weighted by molar-refractivity contribution is 7.59. The summed E-state index contributed by atoms with van der Waals surface area (Å²) in [6.45, 7) is 1.99. The van der Waals surface area contributed by atoms with E-state index in [1.165, 1.54) is 6.07 Å². The van der Waals surface area contributed by atoms with E-state index in [-0.39, 0.29) is 36.5 Å². The Morgan fingerprint density at radius 3 is 2.60 bits per heavy atom. The molecular weight excluding hydrogens is 285 g/mol. The first kappa shape index (κ1) is 15.6. The van der Waals surface area contributed by atoms with Gasteiger partial charge in [0.2, 0.25) is 7.37 Å². The highest BCUT2D eigenvalue weighted by Gasteiger charge is 2.50.